The van der Waals surface area contributed by atoms with Gasteiger partial charge >= 0.3 is 0 Å². The van der Waals surface area contributed by atoms with E-state index in [1.807, 2.05) is 19.1 Å². The number of benzene rings is 1. The Kier molecular flexibility index (Phi) is 2.83. The van der Waals surface area contributed by atoms with E-state index < -0.39 is 5.60 Å². The topological polar surface area (TPSA) is 20.2 Å². The fourth-order valence-corrected chi connectivity index (χ4v) is 2.02. The number of aryl methyl sites for hydroxylation is 1. The summed E-state index contributed by atoms with van der Waals surface area (Å²) in [7, 11) is 0. The molecule has 15 heavy (non-hydrogen) atoms. The van der Waals surface area contributed by atoms with Crippen LogP contribution >= 0.6 is 0 Å². The van der Waals surface area contributed by atoms with Gasteiger partial charge in [-0.2, -0.15) is 0 Å². The molecule has 0 heterocycles. The molecule has 1 aromatic rings. The van der Waals surface area contributed by atoms with Crippen LogP contribution in [-0.4, -0.2) is 5.11 Å². The molecular formula is C14H20O. The third-order valence-corrected chi connectivity index (χ3v) is 3.38. The van der Waals surface area contributed by atoms with Crippen LogP contribution < -0.4 is 0 Å². The van der Waals surface area contributed by atoms with Crippen molar-refractivity contribution in [1.29, 1.82) is 0 Å². The molecule has 1 atom stereocenters. The third kappa shape index (κ3) is 2.82. The van der Waals surface area contributed by atoms with E-state index in [-0.39, 0.29) is 0 Å². The standard InChI is InChI=1S/C14H20O/c1-11-4-3-5-13(10-11)14(2,15)9-8-12-6-7-12/h3-5,10,12,15H,6-9H2,1-2H3. The summed E-state index contributed by atoms with van der Waals surface area (Å²) in [5.74, 6) is 0.890. The molecule has 1 heteroatoms. The summed E-state index contributed by atoms with van der Waals surface area (Å²) in [6.45, 7) is 4.00. The minimum atomic E-state index is -0.644. The normalized spacial score (nSPS) is 19.9. The van der Waals surface area contributed by atoms with Crippen LogP contribution in [0.4, 0.5) is 0 Å². The fourth-order valence-electron chi connectivity index (χ4n) is 2.02. The van der Waals surface area contributed by atoms with Crippen LogP contribution in [0.3, 0.4) is 0 Å². The molecule has 0 saturated heterocycles. The lowest BCUT2D eigenvalue weighted by Crippen LogP contribution is -2.21. The van der Waals surface area contributed by atoms with Crippen molar-refractivity contribution in [3.63, 3.8) is 0 Å². The molecule has 1 aliphatic carbocycles. The van der Waals surface area contributed by atoms with Crippen LogP contribution in [0.25, 0.3) is 0 Å². The van der Waals surface area contributed by atoms with Gasteiger partial charge in [-0.3, -0.25) is 0 Å². The summed E-state index contributed by atoms with van der Waals surface area (Å²) in [4.78, 5) is 0. The maximum atomic E-state index is 10.4. The van der Waals surface area contributed by atoms with Crippen molar-refractivity contribution >= 4 is 0 Å². The van der Waals surface area contributed by atoms with E-state index >= 15 is 0 Å². The zero-order chi connectivity index (χ0) is 10.9. The summed E-state index contributed by atoms with van der Waals surface area (Å²) in [5, 5.41) is 10.4. The molecule has 0 bridgehead atoms. The van der Waals surface area contributed by atoms with Crippen LogP contribution in [-0.2, 0) is 5.60 Å². The van der Waals surface area contributed by atoms with Crippen LogP contribution in [0, 0.1) is 12.8 Å². The van der Waals surface area contributed by atoms with Crippen LogP contribution in [0.5, 0.6) is 0 Å². The summed E-state index contributed by atoms with van der Waals surface area (Å²) in [6.07, 6.45) is 4.79. The monoisotopic (exact) mass is 204 g/mol. The lowest BCUT2D eigenvalue weighted by atomic mass is 9.89. The summed E-state index contributed by atoms with van der Waals surface area (Å²) in [5.41, 5.74) is 1.64. The molecule has 2 rings (SSSR count). The Morgan fingerprint density at radius 2 is 2.13 bits per heavy atom. The van der Waals surface area contributed by atoms with Gasteiger partial charge in [0.1, 0.15) is 0 Å². The highest BCUT2D eigenvalue weighted by atomic mass is 16.3. The van der Waals surface area contributed by atoms with Crippen molar-refractivity contribution in [2.24, 2.45) is 5.92 Å². The zero-order valence-electron chi connectivity index (χ0n) is 9.66. The van der Waals surface area contributed by atoms with E-state index in [1.165, 1.54) is 24.8 Å². The van der Waals surface area contributed by atoms with Gasteiger partial charge in [-0.25, -0.2) is 0 Å². The Bertz CT molecular complexity index is 337. The quantitative estimate of drug-likeness (QED) is 0.797. The third-order valence-electron chi connectivity index (χ3n) is 3.38. The second kappa shape index (κ2) is 3.97. The second-order valence-electron chi connectivity index (χ2n) is 5.13. The molecule has 1 fully saturated rings. The van der Waals surface area contributed by atoms with E-state index in [9.17, 15) is 5.11 Å². The number of hydrogen-bond acceptors (Lipinski definition) is 1. The van der Waals surface area contributed by atoms with Gasteiger partial charge < -0.3 is 5.11 Å². The summed E-state index contributed by atoms with van der Waals surface area (Å²) < 4.78 is 0. The minimum Gasteiger partial charge on any atom is -0.385 e. The molecule has 1 aromatic carbocycles. The first-order chi connectivity index (χ1) is 7.08. The van der Waals surface area contributed by atoms with Gasteiger partial charge in [0.05, 0.1) is 5.60 Å². The predicted molar refractivity (Wildman–Crippen MR) is 62.7 cm³/mol. The molecule has 0 aliphatic heterocycles. The Balaban J connectivity index is 2.05. The van der Waals surface area contributed by atoms with Gasteiger partial charge in [-0.15, -0.1) is 0 Å². The van der Waals surface area contributed by atoms with Crippen LogP contribution in [0.15, 0.2) is 24.3 Å². The fraction of sp³-hybridized carbons (Fsp3) is 0.571. The Morgan fingerprint density at radius 1 is 1.40 bits per heavy atom. The maximum absolute atomic E-state index is 10.4. The first kappa shape index (κ1) is 10.7. The second-order valence-corrected chi connectivity index (χ2v) is 5.13. The molecule has 1 unspecified atom stereocenters. The van der Waals surface area contributed by atoms with E-state index in [0.717, 1.165) is 17.9 Å². The predicted octanol–water partition coefficient (Wildman–Crippen LogP) is 3.39. The molecule has 1 nitrogen and oxygen atoms in total. The maximum Gasteiger partial charge on any atom is 0.0868 e. The largest absolute Gasteiger partial charge is 0.385 e. The van der Waals surface area contributed by atoms with E-state index in [2.05, 4.69) is 19.1 Å². The smallest absolute Gasteiger partial charge is 0.0868 e. The molecule has 0 spiro atoms. The van der Waals surface area contributed by atoms with Crippen molar-refractivity contribution in [2.75, 3.05) is 0 Å². The first-order valence-electron chi connectivity index (χ1n) is 5.87. The van der Waals surface area contributed by atoms with Gasteiger partial charge in [0.2, 0.25) is 0 Å². The molecule has 0 radical (unpaired) electrons. The highest BCUT2D eigenvalue weighted by molar-refractivity contribution is 5.26. The molecule has 0 amide bonds. The lowest BCUT2D eigenvalue weighted by molar-refractivity contribution is 0.0439. The van der Waals surface area contributed by atoms with Crippen LogP contribution in [0.1, 0.15) is 43.7 Å². The number of hydrogen-bond donors (Lipinski definition) is 1. The van der Waals surface area contributed by atoms with Crippen molar-refractivity contribution in [3.8, 4) is 0 Å². The minimum absolute atomic E-state index is 0.644. The average molecular weight is 204 g/mol. The van der Waals surface area contributed by atoms with Gasteiger partial charge in [-0.1, -0.05) is 42.7 Å². The lowest BCUT2D eigenvalue weighted by Gasteiger charge is -2.24. The highest BCUT2D eigenvalue weighted by Crippen LogP contribution is 2.37. The van der Waals surface area contributed by atoms with Crippen LogP contribution in [0.2, 0.25) is 0 Å². The Morgan fingerprint density at radius 3 is 2.73 bits per heavy atom. The molecule has 1 aliphatic rings. The SMILES string of the molecule is Cc1cccc(C(C)(O)CCC2CC2)c1. The van der Waals surface area contributed by atoms with Crippen molar-refractivity contribution in [3.05, 3.63) is 35.4 Å². The molecule has 82 valence electrons. The van der Waals surface area contributed by atoms with Gasteiger partial charge in [0.15, 0.2) is 0 Å². The number of rotatable bonds is 4. The zero-order valence-corrected chi connectivity index (χ0v) is 9.66. The highest BCUT2D eigenvalue weighted by Gasteiger charge is 2.28. The molecule has 1 N–H and O–H groups in total. The van der Waals surface area contributed by atoms with Gasteiger partial charge in [0, 0.05) is 0 Å². The van der Waals surface area contributed by atoms with E-state index in [4.69, 9.17) is 0 Å². The average Bonchev–Trinajstić information content (AvgIpc) is 2.98. The first-order valence-corrected chi connectivity index (χ1v) is 5.87. The van der Waals surface area contributed by atoms with Crippen molar-refractivity contribution in [1.82, 2.24) is 0 Å². The molecule has 1 saturated carbocycles. The Hall–Kier alpha value is -0.820. The summed E-state index contributed by atoms with van der Waals surface area (Å²) in [6, 6.07) is 8.21. The summed E-state index contributed by atoms with van der Waals surface area (Å²) >= 11 is 0. The number of aliphatic hydroxyl groups is 1. The van der Waals surface area contributed by atoms with Crippen molar-refractivity contribution < 1.29 is 5.11 Å². The van der Waals surface area contributed by atoms with E-state index in [1.54, 1.807) is 0 Å². The molecular weight excluding hydrogens is 184 g/mol. The van der Waals surface area contributed by atoms with Gasteiger partial charge in [0.25, 0.3) is 0 Å². The van der Waals surface area contributed by atoms with Gasteiger partial charge in [-0.05, 0) is 38.2 Å². The van der Waals surface area contributed by atoms with E-state index in [0.29, 0.717) is 0 Å². The molecule has 0 aromatic heterocycles. The van der Waals surface area contributed by atoms with Crippen molar-refractivity contribution in [2.45, 2.75) is 45.1 Å². The Labute approximate surface area is 92.1 Å².